The van der Waals surface area contributed by atoms with Gasteiger partial charge in [0.2, 0.25) is 5.91 Å². The molecule has 2 rings (SSSR count). The van der Waals surface area contributed by atoms with Crippen molar-refractivity contribution in [2.45, 2.75) is 25.0 Å². The van der Waals surface area contributed by atoms with E-state index >= 15 is 0 Å². The van der Waals surface area contributed by atoms with Crippen LogP contribution in [0.25, 0.3) is 0 Å². The number of amides is 1. The van der Waals surface area contributed by atoms with Gasteiger partial charge in [-0.25, -0.2) is 0 Å². The standard InChI is InChI=1S/C11H21N3O2/c1-14-5-4-12-10(8-14)11(15)13-7-9-3-2-6-16-9/h9-10,12H,2-8H2,1H3,(H,13,15). The molecular weight excluding hydrogens is 206 g/mol. The fraction of sp³-hybridized carbons (Fsp3) is 0.909. The van der Waals surface area contributed by atoms with E-state index in [4.69, 9.17) is 4.74 Å². The summed E-state index contributed by atoms with van der Waals surface area (Å²) < 4.78 is 5.47. The van der Waals surface area contributed by atoms with Crippen LogP contribution >= 0.6 is 0 Å². The number of rotatable bonds is 3. The lowest BCUT2D eigenvalue weighted by Gasteiger charge is -2.30. The number of hydrogen-bond donors (Lipinski definition) is 2. The maximum Gasteiger partial charge on any atom is 0.238 e. The molecule has 0 radical (unpaired) electrons. The Labute approximate surface area is 96.5 Å². The fourth-order valence-electron chi connectivity index (χ4n) is 2.22. The van der Waals surface area contributed by atoms with Gasteiger partial charge in [-0.2, -0.15) is 0 Å². The van der Waals surface area contributed by atoms with E-state index in [-0.39, 0.29) is 18.1 Å². The highest BCUT2D eigenvalue weighted by molar-refractivity contribution is 5.82. The van der Waals surface area contributed by atoms with Crippen molar-refractivity contribution in [1.29, 1.82) is 0 Å². The normalized spacial score (nSPS) is 31.6. The minimum Gasteiger partial charge on any atom is -0.376 e. The lowest BCUT2D eigenvalue weighted by molar-refractivity contribution is -0.124. The highest BCUT2D eigenvalue weighted by Gasteiger charge is 2.24. The summed E-state index contributed by atoms with van der Waals surface area (Å²) in [5.74, 6) is 0.0991. The van der Waals surface area contributed by atoms with Crippen LogP contribution in [0, 0.1) is 0 Å². The Hall–Kier alpha value is -0.650. The van der Waals surface area contributed by atoms with Crippen LogP contribution in [0.2, 0.25) is 0 Å². The van der Waals surface area contributed by atoms with E-state index in [9.17, 15) is 4.79 Å². The van der Waals surface area contributed by atoms with Gasteiger partial charge in [0, 0.05) is 32.8 Å². The van der Waals surface area contributed by atoms with Crippen molar-refractivity contribution in [3.8, 4) is 0 Å². The summed E-state index contributed by atoms with van der Waals surface area (Å²) in [6, 6.07) is -0.0693. The average Bonchev–Trinajstić information content (AvgIpc) is 2.78. The molecule has 2 aliphatic rings. The molecule has 0 aliphatic carbocycles. The predicted molar refractivity (Wildman–Crippen MR) is 61.3 cm³/mol. The number of likely N-dealkylation sites (N-methyl/N-ethyl adjacent to an activating group) is 1. The van der Waals surface area contributed by atoms with Crippen LogP contribution in [0.1, 0.15) is 12.8 Å². The minimum absolute atomic E-state index is 0.0693. The molecule has 2 saturated heterocycles. The van der Waals surface area contributed by atoms with Gasteiger partial charge in [0.1, 0.15) is 0 Å². The highest BCUT2D eigenvalue weighted by Crippen LogP contribution is 2.10. The van der Waals surface area contributed by atoms with Crippen molar-refractivity contribution in [2.75, 3.05) is 39.8 Å². The highest BCUT2D eigenvalue weighted by atomic mass is 16.5. The van der Waals surface area contributed by atoms with E-state index in [0.29, 0.717) is 6.54 Å². The van der Waals surface area contributed by atoms with Crippen LogP contribution in [0.4, 0.5) is 0 Å². The molecule has 92 valence electrons. The van der Waals surface area contributed by atoms with Gasteiger partial charge in [0.05, 0.1) is 12.1 Å². The number of carbonyl (C=O) groups is 1. The SMILES string of the molecule is CN1CCNC(C(=O)NCC2CCCO2)C1. The molecule has 16 heavy (non-hydrogen) atoms. The smallest absolute Gasteiger partial charge is 0.238 e. The molecule has 1 amide bonds. The molecular formula is C11H21N3O2. The van der Waals surface area contributed by atoms with E-state index in [1.807, 2.05) is 7.05 Å². The quantitative estimate of drug-likeness (QED) is 0.662. The molecule has 0 aromatic rings. The summed E-state index contributed by atoms with van der Waals surface area (Å²) in [5.41, 5.74) is 0. The van der Waals surface area contributed by atoms with Crippen molar-refractivity contribution >= 4 is 5.91 Å². The Morgan fingerprint density at radius 3 is 3.19 bits per heavy atom. The Morgan fingerprint density at radius 2 is 2.50 bits per heavy atom. The lowest BCUT2D eigenvalue weighted by Crippen LogP contribution is -2.56. The number of hydrogen-bond acceptors (Lipinski definition) is 4. The van der Waals surface area contributed by atoms with Crippen molar-refractivity contribution < 1.29 is 9.53 Å². The van der Waals surface area contributed by atoms with E-state index in [1.165, 1.54) is 0 Å². The largest absolute Gasteiger partial charge is 0.376 e. The molecule has 2 unspecified atom stereocenters. The molecule has 0 bridgehead atoms. The summed E-state index contributed by atoms with van der Waals surface area (Å²) >= 11 is 0. The molecule has 0 aromatic carbocycles. The predicted octanol–water partition coefficient (Wildman–Crippen LogP) is -0.815. The zero-order valence-electron chi connectivity index (χ0n) is 9.87. The molecule has 5 nitrogen and oxygen atoms in total. The van der Waals surface area contributed by atoms with Crippen molar-refractivity contribution in [2.24, 2.45) is 0 Å². The summed E-state index contributed by atoms with van der Waals surface area (Å²) in [6.45, 7) is 4.17. The maximum absolute atomic E-state index is 11.8. The second kappa shape index (κ2) is 5.61. The van der Waals surface area contributed by atoms with Gasteiger partial charge < -0.3 is 20.3 Å². The maximum atomic E-state index is 11.8. The number of ether oxygens (including phenoxy) is 1. The fourth-order valence-corrected chi connectivity index (χ4v) is 2.22. The molecule has 2 atom stereocenters. The summed E-state index contributed by atoms with van der Waals surface area (Å²) in [6.07, 6.45) is 2.41. The first-order chi connectivity index (χ1) is 7.75. The molecule has 2 heterocycles. The molecule has 2 N–H and O–H groups in total. The Balaban J connectivity index is 1.70. The zero-order chi connectivity index (χ0) is 11.4. The summed E-state index contributed by atoms with van der Waals surface area (Å²) in [5, 5.41) is 6.19. The Bertz CT molecular complexity index is 241. The van der Waals surface area contributed by atoms with Gasteiger partial charge in [-0.1, -0.05) is 0 Å². The van der Waals surface area contributed by atoms with Crippen LogP contribution in [-0.2, 0) is 9.53 Å². The summed E-state index contributed by atoms with van der Waals surface area (Å²) in [7, 11) is 2.04. The number of piperazine rings is 1. The molecule has 0 saturated carbocycles. The Kier molecular flexibility index (Phi) is 4.15. The second-order valence-corrected chi connectivity index (χ2v) is 4.65. The number of nitrogens with zero attached hydrogens (tertiary/aromatic N) is 1. The van der Waals surface area contributed by atoms with E-state index in [1.54, 1.807) is 0 Å². The second-order valence-electron chi connectivity index (χ2n) is 4.65. The molecule has 5 heteroatoms. The van der Waals surface area contributed by atoms with Gasteiger partial charge in [-0.3, -0.25) is 4.79 Å². The van der Waals surface area contributed by atoms with Crippen LogP contribution in [0.5, 0.6) is 0 Å². The van der Waals surface area contributed by atoms with Gasteiger partial charge in [-0.15, -0.1) is 0 Å². The lowest BCUT2D eigenvalue weighted by atomic mass is 10.2. The van der Waals surface area contributed by atoms with E-state index in [0.717, 1.165) is 39.1 Å². The number of carbonyl (C=O) groups excluding carboxylic acids is 1. The van der Waals surface area contributed by atoms with Gasteiger partial charge in [0.15, 0.2) is 0 Å². The third-order valence-electron chi connectivity index (χ3n) is 3.22. The van der Waals surface area contributed by atoms with Gasteiger partial charge in [-0.05, 0) is 19.9 Å². The topological polar surface area (TPSA) is 53.6 Å². The van der Waals surface area contributed by atoms with Crippen LogP contribution in [0.15, 0.2) is 0 Å². The van der Waals surface area contributed by atoms with Gasteiger partial charge in [0.25, 0.3) is 0 Å². The summed E-state index contributed by atoms with van der Waals surface area (Å²) in [4.78, 5) is 14.0. The van der Waals surface area contributed by atoms with Crippen LogP contribution in [0.3, 0.4) is 0 Å². The van der Waals surface area contributed by atoms with Crippen molar-refractivity contribution in [3.63, 3.8) is 0 Å². The molecule has 2 aliphatic heterocycles. The van der Waals surface area contributed by atoms with Crippen LogP contribution < -0.4 is 10.6 Å². The first kappa shape index (κ1) is 11.8. The average molecular weight is 227 g/mol. The Morgan fingerprint density at radius 1 is 1.62 bits per heavy atom. The van der Waals surface area contributed by atoms with Crippen molar-refractivity contribution in [3.05, 3.63) is 0 Å². The third kappa shape index (κ3) is 3.17. The molecule has 2 fully saturated rings. The first-order valence-electron chi connectivity index (χ1n) is 6.07. The van der Waals surface area contributed by atoms with E-state index in [2.05, 4.69) is 15.5 Å². The molecule has 0 spiro atoms. The third-order valence-corrected chi connectivity index (χ3v) is 3.22. The molecule has 0 aromatic heterocycles. The zero-order valence-corrected chi connectivity index (χ0v) is 9.87. The van der Waals surface area contributed by atoms with E-state index < -0.39 is 0 Å². The monoisotopic (exact) mass is 227 g/mol. The van der Waals surface area contributed by atoms with Gasteiger partial charge >= 0.3 is 0 Å². The van der Waals surface area contributed by atoms with Crippen molar-refractivity contribution in [1.82, 2.24) is 15.5 Å². The van der Waals surface area contributed by atoms with Crippen LogP contribution in [-0.4, -0.2) is 62.8 Å². The first-order valence-corrected chi connectivity index (χ1v) is 6.07. The minimum atomic E-state index is -0.0693. The number of nitrogens with one attached hydrogen (secondary N) is 2.